The molecule has 0 fully saturated rings. The number of unbranched alkanes of at least 4 members (excludes halogenated alkanes) is 3. The fourth-order valence-corrected chi connectivity index (χ4v) is 22.9. The van der Waals surface area contributed by atoms with Crippen LogP contribution in [0.25, 0.3) is 0 Å². The van der Waals surface area contributed by atoms with Gasteiger partial charge in [0.15, 0.2) is 0 Å². The molecule has 0 atom stereocenters. The predicted molar refractivity (Wildman–Crippen MR) is 389 cm³/mol. The minimum absolute atomic E-state index is 0.483. The van der Waals surface area contributed by atoms with E-state index in [1.54, 1.807) is 0 Å². The molecule has 0 saturated carbocycles. The third kappa shape index (κ3) is 20.6. The summed E-state index contributed by atoms with van der Waals surface area (Å²) in [5, 5.41) is -1.93. The molecule has 0 saturated heterocycles. The lowest BCUT2D eigenvalue weighted by atomic mass is 9.13. The molecule has 1 aromatic heterocycles. The highest BCUT2D eigenvalue weighted by Gasteiger charge is 2.95. The zero-order valence-corrected chi connectivity index (χ0v) is 73.3. The number of aryl methyl sites for hydroxylation is 2. The van der Waals surface area contributed by atoms with Crippen molar-refractivity contribution in [1.29, 1.82) is 0 Å². The Morgan fingerprint density at radius 1 is 0.241 bits per heavy atom. The molecule has 4 aromatic carbocycles. The van der Waals surface area contributed by atoms with Crippen LogP contribution in [0.3, 0.4) is 0 Å². The first-order valence-electron chi connectivity index (χ1n) is 37.9. The summed E-state index contributed by atoms with van der Waals surface area (Å²) in [5.74, 6) is -158. The van der Waals surface area contributed by atoms with E-state index in [2.05, 4.69) is 41.8 Å². The predicted octanol–water partition coefficient (Wildman–Crippen LogP) is 25.1. The standard InChI is InChI=1S/C64H56BF52Si4.C10H19N2/c1-118(2,29-25-41(66,67)45(74,75)49(82,83)53(90,91)57(98,99)61(106,107)108)37-17-9-33(10-18-37)65(34-11-19-38(20-12-34)119(3,4)30-26-42(68,69)46(76,77)50(84,85)54(92,93)58(100,101)62(109,110)111,35-13-21-39(22-14-35)120(5,6)31-27-43(70,71)47(78,79)51(86,87)55(94,95)59(102,103)63(112,113)114)36-15-23-40(24-16-36)121(7,8)32-28-44(72,73)48(80,81)52(88,89)56(96,97)60(104,105)64(115,116)117;1-3-4-5-6-7-12-9-8-11(2)10-12/h9-24H,25-32H2,1-8H3;8-10H,3-7H2,1-2H3/q-1;+1. The Balaban J connectivity index is 0.00000284. The third-order valence-electron chi connectivity index (χ3n) is 23.1. The number of imidazole rings is 1. The van der Waals surface area contributed by atoms with Gasteiger partial charge in [-0.15, -0.1) is 0 Å². The fourth-order valence-electron chi connectivity index (χ4n) is 13.7. The van der Waals surface area contributed by atoms with Crippen molar-refractivity contribution in [1.82, 2.24) is 4.57 Å². The highest BCUT2D eigenvalue weighted by molar-refractivity contribution is 7.20. The Hall–Kier alpha value is -6.62. The van der Waals surface area contributed by atoms with Crippen LogP contribution >= 0.6 is 0 Å². The van der Waals surface area contributed by atoms with Gasteiger partial charge in [0.25, 0.3) is 0 Å². The Morgan fingerprint density at radius 2 is 0.414 bits per heavy atom. The summed E-state index contributed by atoms with van der Waals surface area (Å²) in [7, 11) is -15.5. The van der Waals surface area contributed by atoms with Crippen LogP contribution in [-0.4, -0.2) is 186 Å². The maximum atomic E-state index is 15.4. The quantitative estimate of drug-likeness (QED) is 0.0160. The number of hydrogen-bond acceptors (Lipinski definition) is 0. The number of alkyl halides is 52. The molecule has 1 heterocycles. The van der Waals surface area contributed by atoms with Crippen molar-refractivity contribution in [3.63, 3.8) is 0 Å². The molecule has 0 N–H and O–H groups in total. The monoisotopic (exact) mass is 2100 g/mol. The van der Waals surface area contributed by atoms with Crippen molar-refractivity contribution in [3.05, 3.63) is 116 Å². The summed E-state index contributed by atoms with van der Waals surface area (Å²) >= 11 is 0. The van der Waals surface area contributed by atoms with E-state index in [1.165, 1.54) is 32.2 Å². The van der Waals surface area contributed by atoms with E-state index in [4.69, 9.17) is 0 Å². The average molecular weight is 2100 g/mol. The number of benzene rings is 4. The zero-order valence-electron chi connectivity index (χ0n) is 69.3. The average Bonchev–Trinajstić information content (AvgIpc) is 1.67. The molecule has 0 amide bonds. The summed E-state index contributed by atoms with van der Waals surface area (Å²) in [6.07, 6.45) is -34.9. The maximum absolute atomic E-state index is 15.4. The molecule has 59 heteroatoms. The Bertz CT molecular complexity index is 4150. The smallest absolute Gasteiger partial charge is 0.240 e. The minimum Gasteiger partial charge on any atom is -0.240 e. The van der Waals surface area contributed by atoms with Crippen LogP contribution in [0.15, 0.2) is 116 Å². The maximum Gasteiger partial charge on any atom is 0.460 e. The van der Waals surface area contributed by atoms with Crippen LogP contribution in [0.4, 0.5) is 228 Å². The van der Waals surface area contributed by atoms with Gasteiger partial charge in [-0.25, -0.2) is 9.13 Å². The highest BCUT2D eigenvalue weighted by atomic mass is 28.3. The number of rotatable bonds is 41. The van der Waals surface area contributed by atoms with Crippen molar-refractivity contribution in [2.24, 2.45) is 7.05 Å². The zero-order chi connectivity index (χ0) is 105. The number of hydrogen-bond donors (Lipinski definition) is 0. The summed E-state index contributed by atoms with van der Waals surface area (Å²) in [6.45, 7) is 9.94. The van der Waals surface area contributed by atoms with Crippen LogP contribution in [0.5, 0.6) is 0 Å². The van der Waals surface area contributed by atoms with Gasteiger partial charge in [-0.2, -0.15) is 250 Å². The van der Waals surface area contributed by atoms with Gasteiger partial charge in [-0.3, -0.25) is 0 Å². The largest absolute Gasteiger partial charge is 0.460 e. The van der Waals surface area contributed by atoms with Crippen LogP contribution in [0.1, 0.15) is 58.3 Å². The van der Waals surface area contributed by atoms with Crippen LogP contribution < -0.4 is 47.2 Å². The summed E-state index contributed by atoms with van der Waals surface area (Å²) in [4.78, 5) is 0. The van der Waals surface area contributed by atoms with E-state index >= 15 is 35.1 Å². The molecule has 0 spiro atoms. The van der Waals surface area contributed by atoms with Gasteiger partial charge in [0.2, 0.25) is 6.33 Å². The molecular weight excluding hydrogens is 2030 g/mol. The van der Waals surface area contributed by atoms with E-state index < -0.39 is 274 Å². The molecule has 0 aliphatic carbocycles. The lowest BCUT2D eigenvalue weighted by Gasteiger charge is -2.45. The Kier molecular flexibility index (Phi) is 32.9. The molecule has 2 nitrogen and oxygen atoms in total. The van der Waals surface area contributed by atoms with Crippen LogP contribution in [-0.2, 0) is 13.6 Å². The van der Waals surface area contributed by atoms with Gasteiger partial charge in [0.1, 0.15) is 18.5 Å². The summed E-state index contributed by atoms with van der Waals surface area (Å²) in [5.41, 5.74) is -2.01. The van der Waals surface area contributed by atoms with E-state index in [-0.39, 0.29) is 0 Å². The van der Waals surface area contributed by atoms with Crippen molar-refractivity contribution < 1.29 is 233 Å². The molecule has 5 aromatic rings. The highest BCUT2D eigenvalue weighted by Crippen LogP contribution is 2.67. The molecule has 0 radical (unpaired) electrons. The fraction of sp³-hybridized carbons (Fsp3) is 0.635. The second-order valence-corrected chi connectivity index (χ2v) is 53.6. The molecule has 0 bridgehead atoms. The number of halogens is 52. The Morgan fingerprint density at radius 3 is 0.564 bits per heavy atom. The number of nitrogens with zero attached hydrogens (tertiary/aromatic N) is 2. The molecule has 0 aliphatic heterocycles. The van der Waals surface area contributed by atoms with Crippen molar-refractivity contribution in [2.45, 2.75) is 285 Å². The van der Waals surface area contributed by atoms with E-state index in [0.29, 0.717) is 0 Å². The summed E-state index contributed by atoms with van der Waals surface area (Å²) < 4.78 is 742. The van der Waals surface area contributed by atoms with Crippen molar-refractivity contribution in [3.8, 4) is 0 Å². The van der Waals surface area contributed by atoms with Crippen LogP contribution in [0.2, 0.25) is 76.6 Å². The van der Waals surface area contributed by atoms with Gasteiger partial charge in [-0.05, 0) is 37.0 Å². The van der Waals surface area contributed by atoms with Gasteiger partial charge in [0.05, 0.1) is 45.9 Å². The van der Waals surface area contributed by atoms with E-state index in [1.807, 2.05) is 0 Å². The van der Waals surface area contributed by atoms with Gasteiger partial charge in [0, 0.05) is 25.7 Å². The Labute approximate surface area is 723 Å². The van der Waals surface area contributed by atoms with E-state index in [9.17, 15) is 193 Å². The van der Waals surface area contributed by atoms with Gasteiger partial charge in [-0.1, -0.05) is 190 Å². The molecule has 764 valence electrons. The van der Waals surface area contributed by atoms with Gasteiger partial charge < -0.3 is 0 Å². The van der Waals surface area contributed by atoms with Crippen molar-refractivity contribution in [2.75, 3.05) is 0 Å². The minimum atomic E-state index is -8.39. The molecule has 0 unspecified atom stereocenters. The topological polar surface area (TPSA) is 8.81 Å². The summed E-state index contributed by atoms with van der Waals surface area (Å²) in [6, 6.07) is 5.43. The first-order valence-corrected chi connectivity index (χ1v) is 50.8. The molecule has 0 aliphatic rings. The number of aromatic nitrogens is 2. The van der Waals surface area contributed by atoms with E-state index in [0.717, 1.165) is 149 Å². The lowest BCUT2D eigenvalue weighted by Crippen LogP contribution is -2.75. The van der Waals surface area contributed by atoms with Crippen LogP contribution in [0, 0.1) is 0 Å². The molecule has 5 rings (SSSR count). The molecule has 133 heavy (non-hydrogen) atoms. The lowest BCUT2D eigenvalue weighted by molar-refractivity contribution is -0.671. The SMILES string of the molecule is CCCCCCn1cc[n+](C)c1.C[Si](C)(CCC(F)(F)C(F)(F)C(F)(F)C(F)(F)C(F)(F)C(F)(F)F)c1ccc([B-](c2ccc([Si](C)(C)CCC(F)(F)C(F)(F)C(F)(F)C(F)(F)C(F)(F)C(F)(F)F)cc2)(c2ccc([Si](C)(C)CCC(F)(F)C(F)(F)C(F)(F)C(F)(F)C(F)(F)C(F)(F)F)cc2)c2ccc([Si](C)(C)CCC(F)(F)C(F)(F)C(F)(F)C(F)(F)C(F)(F)C(F)(F)F)cc2)cc1. The first-order chi connectivity index (χ1) is 58.5. The van der Waals surface area contributed by atoms with Gasteiger partial charge >= 0.3 is 143 Å². The second kappa shape index (κ2) is 36.9. The molecular formula is C74H75BF52N2Si4. The third-order valence-corrected chi connectivity index (χ3v) is 36.7. The normalized spacial score (nSPS) is 15.5. The first kappa shape index (κ1) is 119. The van der Waals surface area contributed by atoms with Crippen molar-refractivity contribution >= 4 is 81.0 Å². The second-order valence-electron chi connectivity index (χ2n) is 34.3.